The number of hydrogen-bond acceptors (Lipinski definition) is 4. The van der Waals surface area contributed by atoms with Crippen molar-refractivity contribution >= 4 is 5.91 Å². The van der Waals surface area contributed by atoms with E-state index in [1.165, 1.54) is 5.56 Å². The number of aromatic nitrogens is 2. The highest BCUT2D eigenvalue weighted by atomic mass is 16.5. The highest BCUT2D eigenvalue weighted by molar-refractivity contribution is 5.95. The molecule has 0 saturated carbocycles. The number of methoxy groups -OCH3 is 1. The van der Waals surface area contributed by atoms with Crippen molar-refractivity contribution in [3.05, 3.63) is 83.9 Å². The van der Waals surface area contributed by atoms with Crippen LogP contribution in [0.4, 0.5) is 0 Å². The lowest BCUT2D eigenvalue weighted by Crippen LogP contribution is -2.35. The maximum atomic E-state index is 13.5. The van der Waals surface area contributed by atoms with E-state index in [0.717, 1.165) is 37.8 Å². The second-order valence-corrected chi connectivity index (χ2v) is 8.20. The molecule has 0 unspecified atom stereocenters. The summed E-state index contributed by atoms with van der Waals surface area (Å²) in [5, 5.41) is 0. The van der Waals surface area contributed by atoms with Gasteiger partial charge in [0.25, 0.3) is 5.91 Å². The number of likely N-dealkylation sites (tertiary alicyclic amines) is 2. The molecule has 0 bridgehead atoms. The van der Waals surface area contributed by atoms with Gasteiger partial charge in [-0.15, -0.1) is 0 Å². The number of H-pyrrole nitrogens is 1. The van der Waals surface area contributed by atoms with E-state index in [-0.39, 0.29) is 11.9 Å². The van der Waals surface area contributed by atoms with Gasteiger partial charge in [0.05, 0.1) is 19.7 Å². The molecule has 2 aliphatic rings. The molecule has 3 atom stereocenters. The molecule has 2 saturated heterocycles. The van der Waals surface area contributed by atoms with Crippen LogP contribution in [0.1, 0.15) is 27.8 Å². The molecule has 6 nitrogen and oxygen atoms in total. The Morgan fingerprint density at radius 1 is 1.10 bits per heavy atom. The number of fused-ring (bicyclic) bond motifs is 1. The number of carbonyl (C=O) groups excluding carboxylic acids is 1. The van der Waals surface area contributed by atoms with Crippen molar-refractivity contribution in [2.45, 2.75) is 12.6 Å². The van der Waals surface area contributed by atoms with Crippen LogP contribution in [0.2, 0.25) is 0 Å². The van der Waals surface area contributed by atoms with Crippen LogP contribution in [0.25, 0.3) is 0 Å². The van der Waals surface area contributed by atoms with Crippen molar-refractivity contribution in [2.24, 2.45) is 11.8 Å². The van der Waals surface area contributed by atoms with Crippen molar-refractivity contribution < 1.29 is 9.53 Å². The summed E-state index contributed by atoms with van der Waals surface area (Å²) < 4.78 is 5.24. The largest absolute Gasteiger partial charge is 0.497 e. The van der Waals surface area contributed by atoms with Gasteiger partial charge in [-0.1, -0.05) is 30.3 Å². The second kappa shape index (κ2) is 7.95. The van der Waals surface area contributed by atoms with Gasteiger partial charge in [0.1, 0.15) is 11.6 Å². The first-order chi connectivity index (χ1) is 14.7. The Kier molecular flexibility index (Phi) is 5.01. The third-order valence-corrected chi connectivity index (χ3v) is 6.41. The average molecular weight is 402 g/mol. The molecule has 2 fully saturated rings. The Balaban J connectivity index is 1.40. The monoisotopic (exact) mass is 402 g/mol. The molecule has 30 heavy (non-hydrogen) atoms. The Labute approximate surface area is 176 Å². The number of benzene rings is 2. The summed E-state index contributed by atoms with van der Waals surface area (Å²) in [5.41, 5.74) is 1.93. The zero-order valence-electron chi connectivity index (χ0n) is 17.1. The minimum atomic E-state index is 0.0902. The number of carbonyl (C=O) groups is 1. The quantitative estimate of drug-likeness (QED) is 0.711. The molecule has 3 heterocycles. The summed E-state index contributed by atoms with van der Waals surface area (Å²) in [4.78, 5) is 25.6. The van der Waals surface area contributed by atoms with Crippen LogP contribution in [0.3, 0.4) is 0 Å². The molecule has 0 aliphatic carbocycles. The number of aromatic amines is 1. The normalized spacial score (nSPS) is 23.5. The van der Waals surface area contributed by atoms with Gasteiger partial charge in [0, 0.05) is 43.5 Å². The molecular weight excluding hydrogens is 376 g/mol. The predicted octanol–water partition coefficient (Wildman–Crippen LogP) is 3.36. The smallest absolute Gasteiger partial charge is 0.254 e. The van der Waals surface area contributed by atoms with Crippen LogP contribution < -0.4 is 4.74 Å². The molecule has 0 radical (unpaired) electrons. The molecule has 6 heteroatoms. The summed E-state index contributed by atoms with van der Waals surface area (Å²) in [6, 6.07) is 18.0. The Morgan fingerprint density at radius 3 is 2.60 bits per heavy atom. The van der Waals surface area contributed by atoms with Crippen LogP contribution in [0.5, 0.6) is 5.75 Å². The third-order valence-electron chi connectivity index (χ3n) is 6.41. The molecule has 0 spiro atoms. The number of amides is 1. The van der Waals surface area contributed by atoms with Crippen molar-refractivity contribution in [3.8, 4) is 5.75 Å². The average Bonchev–Trinajstić information content (AvgIpc) is 3.51. The van der Waals surface area contributed by atoms with E-state index in [0.29, 0.717) is 17.4 Å². The second-order valence-electron chi connectivity index (χ2n) is 8.20. The summed E-state index contributed by atoms with van der Waals surface area (Å²) in [5.74, 6) is 2.74. The van der Waals surface area contributed by atoms with Gasteiger partial charge in [-0.2, -0.15) is 0 Å². The lowest BCUT2D eigenvalue weighted by atomic mass is 9.89. The highest BCUT2D eigenvalue weighted by Crippen LogP contribution is 2.45. The van der Waals surface area contributed by atoms with Crippen LogP contribution in [0, 0.1) is 11.8 Å². The molecule has 2 aromatic carbocycles. The van der Waals surface area contributed by atoms with Crippen LogP contribution in [-0.4, -0.2) is 52.4 Å². The zero-order chi connectivity index (χ0) is 20.5. The van der Waals surface area contributed by atoms with Crippen molar-refractivity contribution in [1.82, 2.24) is 19.8 Å². The first-order valence-electron chi connectivity index (χ1n) is 10.4. The molecule has 1 amide bonds. The van der Waals surface area contributed by atoms with Gasteiger partial charge in [0.2, 0.25) is 0 Å². The maximum absolute atomic E-state index is 13.5. The minimum absolute atomic E-state index is 0.0902. The predicted molar refractivity (Wildman–Crippen MR) is 114 cm³/mol. The molecule has 1 N–H and O–H groups in total. The van der Waals surface area contributed by atoms with E-state index in [9.17, 15) is 4.79 Å². The Hall–Kier alpha value is -3.12. The van der Waals surface area contributed by atoms with Crippen LogP contribution in [-0.2, 0) is 6.54 Å². The summed E-state index contributed by atoms with van der Waals surface area (Å²) >= 11 is 0. The van der Waals surface area contributed by atoms with E-state index in [1.54, 1.807) is 13.3 Å². The molecule has 154 valence electrons. The fourth-order valence-corrected chi connectivity index (χ4v) is 5.05. The van der Waals surface area contributed by atoms with Gasteiger partial charge >= 0.3 is 0 Å². The van der Waals surface area contributed by atoms with Gasteiger partial charge in [-0.3, -0.25) is 9.69 Å². The van der Waals surface area contributed by atoms with Crippen molar-refractivity contribution in [1.29, 1.82) is 0 Å². The van der Waals surface area contributed by atoms with Crippen molar-refractivity contribution in [2.75, 3.05) is 26.7 Å². The highest BCUT2D eigenvalue weighted by Gasteiger charge is 2.49. The van der Waals surface area contributed by atoms with E-state index in [4.69, 9.17) is 4.74 Å². The summed E-state index contributed by atoms with van der Waals surface area (Å²) in [6.07, 6.45) is 3.67. The van der Waals surface area contributed by atoms with E-state index < -0.39 is 0 Å². The first kappa shape index (κ1) is 18.9. The maximum Gasteiger partial charge on any atom is 0.254 e. The van der Waals surface area contributed by atoms with Crippen molar-refractivity contribution in [3.63, 3.8) is 0 Å². The first-order valence-corrected chi connectivity index (χ1v) is 10.4. The number of rotatable bonds is 5. The fraction of sp³-hybridized carbons (Fsp3) is 0.333. The van der Waals surface area contributed by atoms with E-state index in [1.807, 2.05) is 36.5 Å². The molecule has 3 aromatic rings. The molecule has 1 aromatic heterocycles. The van der Waals surface area contributed by atoms with Gasteiger partial charge < -0.3 is 14.6 Å². The summed E-state index contributed by atoms with van der Waals surface area (Å²) in [6.45, 7) is 3.57. The van der Waals surface area contributed by atoms with E-state index >= 15 is 0 Å². The van der Waals surface area contributed by atoms with Gasteiger partial charge in [-0.25, -0.2) is 4.98 Å². The number of nitrogens with one attached hydrogen (secondary N) is 1. The standard InChI is InChI=1S/C24H26N4O2/c1-30-20-9-7-18(8-10-20)24(29)28-14-19-13-27(16-22-25-11-12-26-22)15-21(19)23(28)17-5-3-2-4-6-17/h2-12,19,21,23H,13-16H2,1H3,(H,25,26)/t19-,21-,23+/m0/s1. The number of nitrogens with zero attached hydrogens (tertiary/aromatic N) is 3. The number of imidazole rings is 1. The fourth-order valence-electron chi connectivity index (χ4n) is 5.05. The van der Waals surface area contributed by atoms with Crippen LogP contribution in [0.15, 0.2) is 67.0 Å². The summed E-state index contributed by atoms with van der Waals surface area (Å²) in [7, 11) is 1.64. The van der Waals surface area contributed by atoms with E-state index in [2.05, 4.69) is 44.0 Å². The molecule has 2 aliphatic heterocycles. The Bertz CT molecular complexity index is 988. The zero-order valence-corrected chi connectivity index (χ0v) is 17.1. The number of ether oxygens (including phenoxy) is 1. The lowest BCUT2D eigenvalue weighted by molar-refractivity contribution is 0.0699. The number of hydrogen-bond donors (Lipinski definition) is 1. The van der Waals surface area contributed by atoms with Gasteiger partial charge in [-0.05, 0) is 35.7 Å². The van der Waals surface area contributed by atoms with Crippen LogP contribution >= 0.6 is 0 Å². The molecular formula is C24H26N4O2. The molecule has 5 rings (SSSR count). The topological polar surface area (TPSA) is 61.5 Å². The minimum Gasteiger partial charge on any atom is -0.497 e. The lowest BCUT2D eigenvalue weighted by Gasteiger charge is -2.30. The Morgan fingerprint density at radius 2 is 1.90 bits per heavy atom. The van der Waals surface area contributed by atoms with Gasteiger partial charge in [0.15, 0.2) is 0 Å². The third kappa shape index (κ3) is 3.48. The SMILES string of the molecule is COc1ccc(C(=O)N2C[C@@H]3CN(Cc4ncc[nH]4)C[C@@H]3[C@H]2c2ccccc2)cc1.